The van der Waals surface area contributed by atoms with E-state index in [9.17, 15) is 0 Å². The minimum atomic E-state index is -0.0385. The van der Waals surface area contributed by atoms with Crippen molar-refractivity contribution in [2.75, 3.05) is 28.8 Å². The third-order valence-corrected chi connectivity index (χ3v) is 11.8. The fourth-order valence-corrected chi connectivity index (χ4v) is 9.38. The van der Waals surface area contributed by atoms with E-state index in [1.54, 1.807) is 0 Å². The zero-order chi connectivity index (χ0) is 31.8. The van der Waals surface area contributed by atoms with Crippen LogP contribution >= 0.6 is 0 Å². The summed E-state index contributed by atoms with van der Waals surface area (Å²) in [4.78, 5) is 19.4. The molecule has 7 nitrogen and oxygen atoms in total. The Kier molecular flexibility index (Phi) is 6.61. The lowest BCUT2D eigenvalue weighted by molar-refractivity contribution is 0.0673. The van der Waals surface area contributed by atoms with E-state index in [2.05, 4.69) is 134 Å². The van der Waals surface area contributed by atoms with Crippen molar-refractivity contribution < 1.29 is 4.42 Å². The number of fused-ring (bicyclic) bond motifs is 8. The molecule has 3 aliphatic heterocycles. The smallest absolute Gasteiger partial charge is 0.178 e. The normalized spacial score (nSPS) is 25.1. The molecule has 0 N–H and O–H groups in total. The second-order valence-corrected chi connectivity index (χ2v) is 13.7. The lowest BCUT2D eigenvalue weighted by atomic mass is 9.52. The van der Waals surface area contributed by atoms with Crippen molar-refractivity contribution in [3.63, 3.8) is 0 Å². The van der Waals surface area contributed by atoms with Gasteiger partial charge in [-0.1, -0.05) is 69.3 Å². The molecule has 0 amide bonds. The molecule has 5 heterocycles. The summed E-state index contributed by atoms with van der Waals surface area (Å²) < 4.78 is 6.54. The molecular formula is C39H44N6O. The predicted octanol–water partition coefficient (Wildman–Crippen LogP) is 9.10. The summed E-state index contributed by atoms with van der Waals surface area (Å²) in [6, 6.07) is 21.9. The Morgan fingerprint density at radius 3 is 2.41 bits per heavy atom. The first-order chi connectivity index (χ1) is 22.3. The van der Waals surface area contributed by atoms with Crippen molar-refractivity contribution in [2.45, 2.75) is 77.5 Å². The van der Waals surface area contributed by atoms with E-state index in [-0.39, 0.29) is 23.2 Å². The second kappa shape index (κ2) is 10.5. The molecule has 0 fully saturated rings. The van der Waals surface area contributed by atoms with Crippen LogP contribution in [0.15, 0.2) is 89.9 Å². The van der Waals surface area contributed by atoms with Gasteiger partial charge >= 0.3 is 0 Å². The average molecular weight is 613 g/mol. The van der Waals surface area contributed by atoms with E-state index in [0.29, 0.717) is 0 Å². The van der Waals surface area contributed by atoms with Gasteiger partial charge in [0.25, 0.3) is 0 Å². The standard InChI is InChI=1S/C39H44N6O/c1-7-38(4)37-43(6)35-36(41-23-22-40-35)45(37)30-16-11-10-15-29(30)39(38,8-2)21-13-18-32-42(5)24-25-44(32)33-26(3)19-20-28-27-14-9-12-17-31(27)46-34(28)33/h9-12,14-17,19-20,22-25,32,37H,7-8,13,18,21H2,1-6H3. The number of aromatic nitrogens is 2. The summed E-state index contributed by atoms with van der Waals surface area (Å²) in [5, 5.41) is 2.35. The van der Waals surface area contributed by atoms with Crippen LogP contribution in [0, 0.1) is 12.3 Å². The minimum absolute atomic E-state index is 0.0140. The minimum Gasteiger partial charge on any atom is -0.454 e. The highest BCUT2D eigenvalue weighted by atomic mass is 16.3. The number of benzene rings is 3. The summed E-state index contributed by atoms with van der Waals surface area (Å²) in [5.74, 6) is 1.94. The lowest BCUT2D eigenvalue weighted by Gasteiger charge is -2.60. The Morgan fingerprint density at radius 2 is 1.61 bits per heavy atom. The van der Waals surface area contributed by atoms with Gasteiger partial charge in [-0.15, -0.1) is 0 Å². The molecule has 0 saturated carbocycles. The van der Waals surface area contributed by atoms with E-state index < -0.39 is 0 Å². The highest BCUT2D eigenvalue weighted by Gasteiger charge is 2.61. The quantitative estimate of drug-likeness (QED) is 0.182. The Bertz CT molecular complexity index is 1980. The van der Waals surface area contributed by atoms with Gasteiger partial charge < -0.3 is 24.0 Å². The molecule has 3 aromatic carbocycles. The van der Waals surface area contributed by atoms with Crippen LogP contribution in [-0.4, -0.2) is 41.3 Å². The molecule has 2 aromatic heterocycles. The van der Waals surface area contributed by atoms with E-state index in [0.717, 1.165) is 54.9 Å². The van der Waals surface area contributed by atoms with Gasteiger partial charge in [0.1, 0.15) is 17.9 Å². The molecule has 46 heavy (non-hydrogen) atoms. The van der Waals surface area contributed by atoms with Crippen molar-refractivity contribution >= 4 is 44.9 Å². The Labute approximate surface area is 272 Å². The number of hydrogen-bond donors (Lipinski definition) is 0. The van der Waals surface area contributed by atoms with E-state index in [1.807, 2.05) is 12.4 Å². The molecule has 4 unspecified atom stereocenters. The number of para-hydroxylation sites is 2. The Hall–Kier alpha value is -4.52. The fraction of sp³-hybridized carbons (Fsp3) is 0.385. The van der Waals surface area contributed by atoms with Gasteiger partial charge in [0.05, 0.1) is 5.69 Å². The molecule has 236 valence electrons. The molecule has 3 aliphatic rings. The van der Waals surface area contributed by atoms with Crippen LogP contribution in [0.4, 0.5) is 23.0 Å². The van der Waals surface area contributed by atoms with Crippen LogP contribution in [-0.2, 0) is 5.41 Å². The van der Waals surface area contributed by atoms with Crippen molar-refractivity contribution in [2.24, 2.45) is 5.41 Å². The molecule has 0 saturated heterocycles. The molecular weight excluding hydrogens is 568 g/mol. The molecule has 7 heteroatoms. The monoisotopic (exact) mass is 612 g/mol. The number of nitrogens with zero attached hydrogens (tertiary/aromatic N) is 6. The van der Waals surface area contributed by atoms with Crippen LogP contribution in [0.5, 0.6) is 0 Å². The first-order valence-corrected chi connectivity index (χ1v) is 16.9. The number of anilines is 4. The Morgan fingerprint density at radius 1 is 0.848 bits per heavy atom. The molecule has 8 rings (SSSR count). The molecule has 0 spiro atoms. The van der Waals surface area contributed by atoms with E-state index in [4.69, 9.17) is 14.4 Å². The third-order valence-electron chi connectivity index (χ3n) is 11.8. The van der Waals surface area contributed by atoms with Crippen LogP contribution in [0.2, 0.25) is 0 Å². The average Bonchev–Trinajstić information content (AvgIpc) is 3.74. The van der Waals surface area contributed by atoms with E-state index >= 15 is 0 Å². The molecule has 4 atom stereocenters. The maximum absolute atomic E-state index is 6.54. The highest BCUT2D eigenvalue weighted by molar-refractivity contribution is 6.09. The predicted molar refractivity (Wildman–Crippen MR) is 189 cm³/mol. The summed E-state index contributed by atoms with van der Waals surface area (Å²) in [5.41, 5.74) is 6.99. The summed E-state index contributed by atoms with van der Waals surface area (Å²) in [6.07, 6.45) is 13.8. The van der Waals surface area contributed by atoms with Crippen molar-refractivity contribution in [1.82, 2.24) is 14.9 Å². The van der Waals surface area contributed by atoms with Crippen LogP contribution in [0.25, 0.3) is 21.9 Å². The van der Waals surface area contributed by atoms with Gasteiger partial charge in [-0.3, -0.25) is 0 Å². The van der Waals surface area contributed by atoms with Gasteiger partial charge in [0, 0.05) is 66.2 Å². The lowest BCUT2D eigenvalue weighted by Crippen LogP contribution is -2.63. The largest absolute Gasteiger partial charge is 0.454 e. The summed E-state index contributed by atoms with van der Waals surface area (Å²) in [7, 11) is 4.41. The van der Waals surface area contributed by atoms with Crippen LogP contribution < -0.4 is 14.7 Å². The van der Waals surface area contributed by atoms with Gasteiger partial charge in [0.15, 0.2) is 17.2 Å². The maximum Gasteiger partial charge on any atom is 0.178 e. The number of rotatable bonds is 7. The van der Waals surface area contributed by atoms with Gasteiger partial charge in [-0.2, -0.15) is 0 Å². The number of furan rings is 1. The second-order valence-electron chi connectivity index (χ2n) is 13.7. The molecule has 0 radical (unpaired) electrons. The topological polar surface area (TPSA) is 51.9 Å². The summed E-state index contributed by atoms with van der Waals surface area (Å²) in [6.45, 7) is 9.50. The van der Waals surface area contributed by atoms with Crippen molar-refractivity contribution in [1.29, 1.82) is 0 Å². The SMILES string of the molecule is CCC1(CCCC2N(C)C=CN2c2c(C)ccc3c2oc2ccccc23)c2ccccc2N2c3nccnc3N(C)C2C1(C)CC. The molecule has 5 aromatic rings. The number of hydrogen-bond acceptors (Lipinski definition) is 7. The highest BCUT2D eigenvalue weighted by Crippen LogP contribution is 2.63. The Balaban J connectivity index is 1.15. The first-order valence-electron chi connectivity index (χ1n) is 16.9. The van der Waals surface area contributed by atoms with Crippen molar-refractivity contribution in [3.05, 3.63) is 96.6 Å². The molecule has 0 aliphatic carbocycles. The van der Waals surface area contributed by atoms with Gasteiger partial charge in [0.2, 0.25) is 0 Å². The third kappa shape index (κ3) is 3.77. The summed E-state index contributed by atoms with van der Waals surface area (Å²) >= 11 is 0. The first kappa shape index (κ1) is 28.9. The number of aryl methyl sites for hydroxylation is 1. The van der Waals surface area contributed by atoms with Crippen molar-refractivity contribution in [3.8, 4) is 0 Å². The fourth-order valence-electron chi connectivity index (χ4n) is 9.38. The zero-order valence-corrected chi connectivity index (χ0v) is 27.9. The zero-order valence-electron chi connectivity index (χ0n) is 27.9. The van der Waals surface area contributed by atoms with Crippen LogP contribution in [0.1, 0.15) is 64.0 Å². The van der Waals surface area contributed by atoms with Crippen LogP contribution in [0.3, 0.4) is 0 Å². The van der Waals surface area contributed by atoms with E-state index in [1.165, 1.54) is 33.3 Å². The van der Waals surface area contributed by atoms with Gasteiger partial charge in [-0.05, 0) is 62.3 Å². The van der Waals surface area contributed by atoms with Gasteiger partial charge in [-0.25, -0.2) is 9.97 Å². The maximum atomic E-state index is 6.54. The molecule has 0 bridgehead atoms.